The topological polar surface area (TPSA) is 67.8 Å². The van der Waals surface area contributed by atoms with Crippen molar-refractivity contribution in [3.63, 3.8) is 0 Å². The molecular formula is C29H26ClF4NO4. The maximum Gasteiger partial charge on any atom is 0.387 e. The lowest BCUT2D eigenvalue weighted by Crippen LogP contribution is -2.46. The van der Waals surface area contributed by atoms with Gasteiger partial charge in [0.1, 0.15) is 11.6 Å². The highest BCUT2D eigenvalue weighted by molar-refractivity contribution is 6.34. The van der Waals surface area contributed by atoms with Gasteiger partial charge in [0.25, 0.3) is 0 Å². The summed E-state index contributed by atoms with van der Waals surface area (Å²) < 4.78 is 67.4. The third-order valence-electron chi connectivity index (χ3n) is 7.46. The number of carbonyl (C=O) groups is 1. The number of benzene rings is 3. The van der Waals surface area contributed by atoms with Crippen LogP contribution in [0.3, 0.4) is 0 Å². The molecule has 0 saturated heterocycles. The summed E-state index contributed by atoms with van der Waals surface area (Å²) in [7, 11) is 0. The average Bonchev–Trinajstić information content (AvgIpc) is 3.30. The number of hydrogen-bond acceptors (Lipinski definition) is 5. The van der Waals surface area contributed by atoms with Crippen LogP contribution in [0.1, 0.15) is 47.2 Å². The van der Waals surface area contributed by atoms with E-state index in [4.69, 9.17) is 16.3 Å². The van der Waals surface area contributed by atoms with Crippen molar-refractivity contribution in [2.45, 2.75) is 56.5 Å². The molecule has 3 aromatic rings. The van der Waals surface area contributed by atoms with E-state index in [0.717, 1.165) is 36.6 Å². The molecule has 0 amide bonds. The SMILES string of the molecule is O=Cc1ccc(OC(F)F)c(F)c1-c1c(Cl)c(F)cc2c1C[C@@](CNC1CCC(O)CC1)(c1ccccc1)O2. The maximum atomic E-state index is 15.6. The van der Waals surface area contributed by atoms with E-state index in [9.17, 15) is 18.7 Å². The van der Waals surface area contributed by atoms with Gasteiger partial charge in [0.05, 0.1) is 11.1 Å². The molecule has 5 rings (SSSR count). The van der Waals surface area contributed by atoms with Gasteiger partial charge in [0.15, 0.2) is 23.5 Å². The monoisotopic (exact) mass is 563 g/mol. The maximum absolute atomic E-state index is 15.6. The molecule has 2 aliphatic rings. The van der Waals surface area contributed by atoms with Gasteiger partial charge in [-0.3, -0.25) is 4.79 Å². The van der Waals surface area contributed by atoms with Gasteiger partial charge in [-0.2, -0.15) is 8.78 Å². The molecule has 1 aliphatic heterocycles. The molecule has 1 saturated carbocycles. The standard InChI is InChI=1S/C29H26ClF4NO4/c30-26-21(31)12-23-20(25(26)24-16(14-36)6-11-22(27(24)32)38-28(33)34)13-29(39-23,17-4-2-1-3-5-17)15-35-18-7-9-19(37)10-8-18/h1-6,11-12,14,18-19,28,35,37H,7-10,13,15H2/t18?,19?,29-/m1/s1. The highest BCUT2D eigenvalue weighted by Crippen LogP contribution is 2.50. The number of hydrogen-bond donors (Lipinski definition) is 2. The lowest BCUT2D eigenvalue weighted by molar-refractivity contribution is -0.0521. The summed E-state index contributed by atoms with van der Waals surface area (Å²) in [6.45, 7) is -3.01. The molecule has 206 valence electrons. The van der Waals surface area contributed by atoms with Crippen LogP contribution >= 0.6 is 11.6 Å². The van der Waals surface area contributed by atoms with Crippen molar-refractivity contribution in [3.05, 3.63) is 81.9 Å². The summed E-state index contributed by atoms with van der Waals surface area (Å²) in [5.41, 5.74) is -0.726. The summed E-state index contributed by atoms with van der Waals surface area (Å²) in [6, 6.07) is 12.5. The van der Waals surface area contributed by atoms with Crippen LogP contribution < -0.4 is 14.8 Å². The largest absolute Gasteiger partial charge is 0.480 e. The van der Waals surface area contributed by atoms with Crippen LogP contribution in [0.5, 0.6) is 11.5 Å². The Balaban J connectivity index is 1.61. The fraction of sp³-hybridized carbons (Fsp3) is 0.345. The Hall–Kier alpha value is -3.14. The van der Waals surface area contributed by atoms with Gasteiger partial charge in [-0.25, -0.2) is 8.78 Å². The molecule has 3 aromatic carbocycles. The summed E-state index contributed by atoms with van der Waals surface area (Å²) in [4.78, 5) is 11.9. The minimum atomic E-state index is -3.32. The number of nitrogens with one attached hydrogen (secondary N) is 1. The Bertz CT molecular complexity index is 1370. The van der Waals surface area contributed by atoms with Gasteiger partial charge in [-0.15, -0.1) is 0 Å². The van der Waals surface area contributed by atoms with Crippen LogP contribution in [0.25, 0.3) is 11.1 Å². The Morgan fingerprint density at radius 1 is 1.10 bits per heavy atom. The van der Waals surface area contributed by atoms with Crippen LogP contribution in [-0.2, 0) is 12.0 Å². The summed E-state index contributed by atoms with van der Waals surface area (Å²) in [5, 5.41) is 12.9. The number of alkyl halides is 2. The lowest BCUT2D eigenvalue weighted by Gasteiger charge is -2.34. The molecule has 0 bridgehead atoms. The summed E-state index contributed by atoms with van der Waals surface area (Å²) in [6.07, 6.45) is 3.04. The van der Waals surface area contributed by atoms with E-state index >= 15 is 8.78 Å². The second kappa shape index (κ2) is 11.2. The number of rotatable bonds is 8. The molecule has 0 unspecified atom stereocenters. The van der Waals surface area contributed by atoms with E-state index in [0.29, 0.717) is 31.2 Å². The van der Waals surface area contributed by atoms with Gasteiger partial charge < -0.3 is 19.9 Å². The number of halogens is 5. The van der Waals surface area contributed by atoms with E-state index in [-0.39, 0.29) is 35.4 Å². The van der Waals surface area contributed by atoms with E-state index in [1.165, 1.54) is 0 Å². The number of fused-ring (bicyclic) bond motifs is 1. The molecule has 5 nitrogen and oxygen atoms in total. The normalized spacial score (nSPS) is 22.4. The Morgan fingerprint density at radius 2 is 1.82 bits per heavy atom. The number of aldehydes is 1. The molecule has 0 spiro atoms. The van der Waals surface area contributed by atoms with Crippen molar-refractivity contribution in [2.24, 2.45) is 0 Å². The fourth-order valence-corrected chi connectivity index (χ4v) is 5.77. The third kappa shape index (κ3) is 5.35. The Morgan fingerprint density at radius 3 is 2.49 bits per heavy atom. The number of aliphatic hydroxyl groups is 1. The van der Waals surface area contributed by atoms with Crippen LogP contribution in [0.15, 0.2) is 48.5 Å². The van der Waals surface area contributed by atoms with E-state index in [1.807, 2.05) is 30.3 Å². The van der Waals surface area contributed by atoms with Crippen LogP contribution in [-0.4, -0.2) is 36.7 Å². The Kier molecular flexibility index (Phi) is 7.84. The number of ether oxygens (including phenoxy) is 2. The van der Waals surface area contributed by atoms with Crippen molar-refractivity contribution in [2.75, 3.05) is 6.54 Å². The lowest BCUT2D eigenvalue weighted by atomic mass is 9.84. The highest BCUT2D eigenvalue weighted by atomic mass is 35.5. The first-order valence-electron chi connectivity index (χ1n) is 12.6. The third-order valence-corrected chi connectivity index (χ3v) is 7.83. The molecule has 39 heavy (non-hydrogen) atoms. The summed E-state index contributed by atoms with van der Waals surface area (Å²) in [5.74, 6) is -2.87. The molecular weight excluding hydrogens is 538 g/mol. The quantitative estimate of drug-likeness (QED) is 0.244. The average molecular weight is 564 g/mol. The van der Waals surface area contributed by atoms with Gasteiger partial charge >= 0.3 is 6.61 Å². The van der Waals surface area contributed by atoms with Crippen LogP contribution in [0, 0.1) is 11.6 Å². The summed E-state index contributed by atoms with van der Waals surface area (Å²) >= 11 is 6.38. The molecule has 0 aromatic heterocycles. The molecule has 1 atom stereocenters. The zero-order chi connectivity index (χ0) is 27.7. The zero-order valence-corrected chi connectivity index (χ0v) is 21.5. The molecule has 0 radical (unpaired) electrons. The van der Waals surface area contributed by atoms with Crippen molar-refractivity contribution >= 4 is 17.9 Å². The van der Waals surface area contributed by atoms with Crippen LogP contribution in [0.4, 0.5) is 17.6 Å². The number of carbonyl (C=O) groups excluding carboxylic acids is 1. The molecule has 1 heterocycles. The predicted molar refractivity (Wildman–Crippen MR) is 138 cm³/mol. The zero-order valence-electron chi connectivity index (χ0n) is 20.7. The fourth-order valence-electron chi connectivity index (χ4n) is 5.50. The minimum absolute atomic E-state index is 0.105. The molecule has 10 heteroatoms. The van der Waals surface area contributed by atoms with Crippen molar-refractivity contribution in [3.8, 4) is 22.6 Å². The van der Waals surface area contributed by atoms with E-state index in [2.05, 4.69) is 10.1 Å². The Labute approximate surface area is 227 Å². The second-order valence-electron chi connectivity index (χ2n) is 9.89. The van der Waals surface area contributed by atoms with Gasteiger partial charge in [0, 0.05) is 47.3 Å². The van der Waals surface area contributed by atoms with Crippen molar-refractivity contribution in [1.82, 2.24) is 5.32 Å². The smallest absolute Gasteiger partial charge is 0.387 e. The highest BCUT2D eigenvalue weighted by Gasteiger charge is 2.44. The molecule has 1 aliphatic carbocycles. The number of aliphatic hydroxyl groups excluding tert-OH is 1. The van der Waals surface area contributed by atoms with Crippen molar-refractivity contribution < 1.29 is 36.9 Å². The first kappa shape index (κ1) is 27.4. The second-order valence-corrected chi connectivity index (χ2v) is 10.3. The van der Waals surface area contributed by atoms with E-state index < -0.39 is 40.2 Å². The van der Waals surface area contributed by atoms with Gasteiger partial charge in [0.2, 0.25) is 0 Å². The first-order valence-corrected chi connectivity index (χ1v) is 13.0. The van der Waals surface area contributed by atoms with E-state index in [1.54, 1.807) is 0 Å². The molecule has 1 fully saturated rings. The van der Waals surface area contributed by atoms with Gasteiger partial charge in [-0.05, 0) is 43.4 Å². The predicted octanol–water partition coefficient (Wildman–Crippen LogP) is 6.42. The van der Waals surface area contributed by atoms with Crippen molar-refractivity contribution in [1.29, 1.82) is 0 Å². The minimum Gasteiger partial charge on any atom is -0.480 e. The first-order chi connectivity index (χ1) is 18.7. The van der Waals surface area contributed by atoms with Gasteiger partial charge in [-0.1, -0.05) is 41.9 Å². The van der Waals surface area contributed by atoms with Crippen LogP contribution in [0.2, 0.25) is 5.02 Å². The molecule has 2 N–H and O–H groups in total.